The van der Waals surface area contributed by atoms with Crippen molar-refractivity contribution in [3.8, 4) is 11.4 Å². The molecule has 21 heavy (non-hydrogen) atoms. The first-order valence-corrected chi connectivity index (χ1v) is 8.85. The maximum absolute atomic E-state index is 4.85. The Bertz CT molecular complexity index is 822. The molecule has 0 aliphatic heterocycles. The third-order valence-corrected chi connectivity index (χ3v) is 4.91. The van der Waals surface area contributed by atoms with Crippen LogP contribution in [0.3, 0.4) is 0 Å². The average Bonchev–Trinajstić information content (AvgIpc) is 3.28. The highest BCUT2D eigenvalue weighted by atomic mass is 79.9. The topological polar surface area (TPSA) is 30.7 Å². The molecule has 1 aromatic carbocycles. The van der Waals surface area contributed by atoms with Crippen molar-refractivity contribution >= 4 is 42.9 Å². The van der Waals surface area contributed by atoms with Gasteiger partial charge in [-0.1, -0.05) is 31.9 Å². The number of fused-ring (bicyclic) bond motifs is 1. The zero-order chi connectivity index (χ0) is 14.4. The van der Waals surface area contributed by atoms with Crippen LogP contribution in [0.2, 0.25) is 0 Å². The van der Waals surface area contributed by atoms with Gasteiger partial charge in [-0.3, -0.25) is 4.98 Å². The average molecular weight is 407 g/mol. The fourth-order valence-corrected chi connectivity index (χ4v) is 3.31. The quantitative estimate of drug-likeness (QED) is 0.567. The van der Waals surface area contributed by atoms with Crippen LogP contribution < -0.4 is 0 Å². The summed E-state index contributed by atoms with van der Waals surface area (Å²) in [5.74, 6) is 1.03. The Morgan fingerprint density at radius 1 is 1.19 bits per heavy atom. The van der Waals surface area contributed by atoms with Gasteiger partial charge in [0.05, 0.1) is 11.0 Å². The molecule has 0 bridgehead atoms. The predicted octanol–water partition coefficient (Wildman–Crippen LogP) is 5.09. The van der Waals surface area contributed by atoms with E-state index < -0.39 is 0 Å². The molecule has 3 nitrogen and oxygen atoms in total. The van der Waals surface area contributed by atoms with Crippen molar-refractivity contribution in [2.75, 3.05) is 0 Å². The highest BCUT2D eigenvalue weighted by molar-refractivity contribution is 9.10. The molecule has 2 heterocycles. The molecule has 1 fully saturated rings. The summed E-state index contributed by atoms with van der Waals surface area (Å²) in [4.78, 5) is 9.20. The maximum atomic E-state index is 4.85. The number of nitrogens with zero attached hydrogens (tertiary/aromatic N) is 3. The number of hydrogen-bond donors (Lipinski definition) is 0. The molecule has 5 heteroatoms. The number of rotatable bonds is 3. The Morgan fingerprint density at radius 3 is 2.81 bits per heavy atom. The highest BCUT2D eigenvalue weighted by Crippen LogP contribution is 2.41. The maximum Gasteiger partial charge on any atom is 0.142 e. The Morgan fingerprint density at radius 2 is 2.05 bits per heavy atom. The zero-order valence-electron chi connectivity index (χ0n) is 11.3. The van der Waals surface area contributed by atoms with Crippen LogP contribution in [0.1, 0.15) is 24.4 Å². The van der Waals surface area contributed by atoms with Gasteiger partial charge in [-0.15, -0.1) is 0 Å². The summed E-state index contributed by atoms with van der Waals surface area (Å²) in [6, 6.07) is 9.02. The molecule has 1 saturated carbocycles. The summed E-state index contributed by atoms with van der Waals surface area (Å²) in [5, 5.41) is 0.809. The van der Waals surface area contributed by atoms with Crippen LogP contribution in [0.4, 0.5) is 0 Å². The summed E-state index contributed by atoms with van der Waals surface area (Å²) < 4.78 is 3.46. The minimum atomic E-state index is 0.576. The van der Waals surface area contributed by atoms with Crippen molar-refractivity contribution in [2.24, 2.45) is 0 Å². The van der Waals surface area contributed by atoms with E-state index >= 15 is 0 Å². The molecule has 1 aliphatic carbocycles. The SMILES string of the molecule is BrCc1cncc(-c2nc3ccc(Br)cc3n2C2CC2)c1. The van der Waals surface area contributed by atoms with Crippen molar-refractivity contribution in [3.63, 3.8) is 0 Å². The molecule has 0 amide bonds. The molecule has 3 aromatic rings. The van der Waals surface area contributed by atoms with E-state index in [1.54, 1.807) is 0 Å². The summed E-state index contributed by atoms with van der Waals surface area (Å²) >= 11 is 7.06. The number of pyridine rings is 1. The van der Waals surface area contributed by atoms with E-state index in [-0.39, 0.29) is 0 Å². The molecule has 0 N–H and O–H groups in total. The molecule has 4 rings (SSSR count). The Balaban J connectivity index is 1.97. The number of hydrogen-bond acceptors (Lipinski definition) is 2. The fraction of sp³-hybridized carbons (Fsp3) is 0.250. The summed E-state index contributed by atoms with van der Waals surface area (Å²) in [5.41, 5.74) is 4.50. The van der Waals surface area contributed by atoms with Crippen molar-refractivity contribution in [1.82, 2.24) is 14.5 Å². The van der Waals surface area contributed by atoms with Crippen molar-refractivity contribution in [2.45, 2.75) is 24.2 Å². The molecule has 0 radical (unpaired) electrons. The van der Waals surface area contributed by atoms with E-state index in [0.717, 1.165) is 26.7 Å². The van der Waals surface area contributed by atoms with Gasteiger partial charge >= 0.3 is 0 Å². The van der Waals surface area contributed by atoms with Gasteiger partial charge in [-0.05, 0) is 42.7 Å². The minimum absolute atomic E-state index is 0.576. The lowest BCUT2D eigenvalue weighted by atomic mass is 10.2. The number of alkyl halides is 1. The smallest absolute Gasteiger partial charge is 0.142 e. The summed E-state index contributed by atoms with van der Waals surface area (Å²) in [6.07, 6.45) is 6.26. The third kappa shape index (κ3) is 2.42. The Labute approximate surface area is 139 Å². The molecule has 0 unspecified atom stereocenters. The van der Waals surface area contributed by atoms with Crippen LogP contribution >= 0.6 is 31.9 Å². The first-order chi connectivity index (χ1) is 10.3. The number of benzene rings is 1. The second kappa shape index (κ2) is 5.21. The second-order valence-electron chi connectivity index (χ2n) is 5.39. The van der Waals surface area contributed by atoms with Gasteiger partial charge in [-0.2, -0.15) is 0 Å². The first-order valence-electron chi connectivity index (χ1n) is 6.94. The molecule has 0 spiro atoms. The zero-order valence-corrected chi connectivity index (χ0v) is 14.4. The molecule has 2 aromatic heterocycles. The molecular formula is C16H13Br2N3. The van der Waals surface area contributed by atoms with Crippen LogP contribution in [0, 0.1) is 0 Å². The number of aromatic nitrogens is 3. The van der Waals surface area contributed by atoms with Gasteiger partial charge in [0.2, 0.25) is 0 Å². The van der Waals surface area contributed by atoms with Crippen LogP contribution in [0.15, 0.2) is 41.1 Å². The first kappa shape index (κ1) is 13.5. The normalized spacial score (nSPS) is 14.8. The monoisotopic (exact) mass is 405 g/mol. The highest BCUT2D eigenvalue weighted by Gasteiger charge is 2.28. The van der Waals surface area contributed by atoms with E-state index in [1.807, 2.05) is 18.5 Å². The fourth-order valence-electron chi connectivity index (χ4n) is 2.66. The molecule has 106 valence electrons. The standard InChI is InChI=1S/C16H13Br2N3/c17-7-10-5-11(9-19-8-10)16-20-14-4-1-12(18)6-15(14)21(16)13-2-3-13/h1,4-6,8-9,13H,2-3,7H2. The molecule has 0 saturated heterocycles. The van der Waals surface area contributed by atoms with Crippen molar-refractivity contribution < 1.29 is 0 Å². The molecular weight excluding hydrogens is 394 g/mol. The Kier molecular flexibility index (Phi) is 3.34. The van der Waals surface area contributed by atoms with E-state index in [0.29, 0.717) is 6.04 Å². The second-order valence-corrected chi connectivity index (χ2v) is 6.86. The van der Waals surface area contributed by atoms with Crippen LogP contribution in [-0.4, -0.2) is 14.5 Å². The van der Waals surface area contributed by atoms with E-state index in [9.17, 15) is 0 Å². The van der Waals surface area contributed by atoms with Gasteiger partial charge in [0.1, 0.15) is 5.82 Å². The van der Waals surface area contributed by atoms with Gasteiger partial charge in [0, 0.05) is 33.8 Å². The molecule has 1 aliphatic rings. The van der Waals surface area contributed by atoms with Gasteiger partial charge in [0.15, 0.2) is 0 Å². The summed E-state index contributed by atoms with van der Waals surface area (Å²) in [7, 11) is 0. The largest absolute Gasteiger partial charge is 0.321 e. The molecule has 0 atom stereocenters. The lowest BCUT2D eigenvalue weighted by Crippen LogP contribution is -1.98. The van der Waals surface area contributed by atoms with Gasteiger partial charge in [-0.25, -0.2) is 4.98 Å². The van der Waals surface area contributed by atoms with Crippen LogP contribution in [0.5, 0.6) is 0 Å². The van der Waals surface area contributed by atoms with Gasteiger partial charge < -0.3 is 4.57 Å². The van der Waals surface area contributed by atoms with Crippen molar-refractivity contribution in [1.29, 1.82) is 0 Å². The van der Waals surface area contributed by atoms with Crippen LogP contribution in [0.25, 0.3) is 22.4 Å². The number of halogens is 2. The number of imidazole rings is 1. The van der Waals surface area contributed by atoms with E-state index in [4.69, 9.17) is 4.98 Å². The Hall–Kier alpha value is -1.20. The minimum Gasteiger partial charge on any atom is -0.321 e. The predicted molar refractivity (Wildman–Crippen MR) is 91.6 cm³/mol. The van der Waals surface area contributed by atoms with Gasteiger partial charge in [0.25, 0.3) is 0 Å². The third-order valence-electron chi connectivity index (χ3n) is 3.77. The lowest BCUT2D eigenvalue weighted by Gasteiger charge is -2.08. The van der Waals surface area contributed by atoms with Crippen LogP contribution in [-0.2, 0) is 5.33 Å². The summed E-state index contributed by atoms with van der Waals surface area (Å²) in [6.45, 7) is 0. The lowest BCUT2D eigenvalue weighted by molar-refractivity contribution is 0.774. The van der Waals surface area contributed by atoms with E-state index in [1.165, 1.54) is 23.9 Å². The van der Waals surface area contributed by atoms with E-state index in [2.05, 4.69) is 59.6 Å². The van der Waals surface area contributed by atoms with Crippen molar-refractivity contribution in [3.05, 3.63) is 46.7 Å².